The van der Waals surface area contributed by atoms with Crippen LogP contribution < -0.4 is 0 Å². The van der Waals surface area contributed by atoms with Gasteiger partial charge in [-0.25, -0.2) is 4.98 Å². The maximum absolute atomic E-state index is 9.14. The van der Waals surface area contributed by atoms with Crippen molar-refractivity contribution in [1.29, 1.82) is 0 Å². The van der Waals surface area contributed by atoms with Gasteiger partial charge in [-0.15, -0.1) is 11.3 Å². The lowest BCUT2D eigenvalue weighted by atomic mass is 10.2. The second kappa shape index (κ2) is 4.72. The van der Waals surface area contributed by atoms with Gasteiger partial charge >= 0.3 is 0 Å². The molecular weight excluding hydrogens is 220 g/mol. The second-order valence-corrected chi connectivity index (χ2v) is 4.66. The Bertz CT molecular complexity index is 494. The Labute approximate surface area is 98.8 Å². The van der Waals surface area contributed by atoms with Crippen LogP contribution in [0.2, 0.25) is 0 Å². The molecule has 0 amide bonds. The molecule has 0 aliphatic carbocycles. The Morgan fingerprint density at radius 2 is 2.25 bits per heavy atom. The number of aryl methyl sites for hydroxylation is 2. The first-order valence-corrected chi connectivity index (χ1v) is 6.08. The van der Waals surface area contributed by atoms with Gasteiger partial charge < -0.3 is 5.11 Å². The molecule has 0 aliphatic rings. The number of pyridine rings is 1. The molecule has 1 N–H and O–H groups in total. The van der Waals surface area contributed by atoms with Crippen molar-refractivity contribution in [2.24, 2.45) is 0 Å². The summed E-state index contributed by atoms with van der Waals surface area (Å²) in [4.78, 5) is 9.65. The van der Waals surface area contributed by atoms with Crippen molar-refractivity contribution in [2.75, 3.05) is 0 Å². The van der Waals surface area contributed by atoms with Crippen molar-refractivity contribution >= 4 is 11.3 Å². The summed E-state index contributed by atoms with van der Waals surface area (Å²) in [5.41, 5.74) is 3.06. The van der Waals surface area contributed by atoms with Gasteiger partial charge in [0.2, 0.25) is 0 Å². The molecule has 2 aromatic rings. The molecule has 0 saturated carbocycles. The van der Waals surface area contributed by atoms with E-state index in [4.69, 9.17) is 5.11 Å². The van der Waals surface area contributed by atoms with Gasteiger partial charge in [0.25, 0.3) is 0 Å². The standard InChI is InChI=1S/C12H14N2OS/c1-3-10-6-9(4-5-13-10)12-14-8(2)11(7-15)16-12/h4-6,15H,3,7H2,1-2H3. The maximum atomic E-state index is 9.14. The van der Waals surface area contributed by atoms with Gasteiger partial charge in [-0.1, -0.05) is 6.92 Å². The molecule has 0 radical (unpaired) electrons. The third-order valence-corrected chi connectivity index (χ3v) is 3.65. The van der Waals surface area contributed by atoms with E-state index in [2.05, 4.69) is 23.0 Å². The van der Waals surface area contributed by atoms with Crippen LogP contribution in [0.4, 0.5) is 0 Å². The molecular formula is C12H14N2OS. The first-order chi connectivity index (χ1) is 7.74. The molecule has 3 nitrogen and oxygen atoms in total. The number of hydrogen-bond donors (Lipinski definition) is 1. The molecule has 0 aliphatic heterocycles. The largest absolute Gasteiger partial charge is 0.391 e. The molecule has 0 spiro atoms. The highest BCUT2D eigenvalue weighted by molar-refractivity contribution is 7.15. The van der Waals surface area contributed by atoms with E-state index in [0.29, 0.717) is 0 Å². The number of aliphatic hydroxyl groups is 1. The molecule has 0 atom stereocenters. The average Bonchev–Trinajstić information content (AvgIpc) is 2.71. The Balaban J connectivity index is 2.41. The van der Waals surface area contributed by atoms with E-state index in [0.717, 1.165) is 33.3 Å². The molecule has 2 heterocycles. The van der Waals surface area contributed by atoms with Crippen LogP contribution in [0.3, 0.4) is 0 Å². The van der Waals surface area contributed by atoms with Gasteiger partial charge in [0.1, 0.15) is 5.01 Å². The fourth-order valence-corrected chi connectivity index (χ4v) is 2.42. The summed E-state index contributed by atoms with van der Waals surface area (Å²) in [5.74, 6) is 0. The van der Waals surface area contributed by atoms with Crippen molar-refractivity contribution in [1.82, 2.24) is 9.97 Å². The van der Waals surface area contributed by atoms with Gasteiger partial charge in [-0.3, -0.25) is 4.98 Å². The lowest BCUT2D eigenvalue weighted by molar-refractivity contribution is 0.284. The average molecular weight is 234 g/mol. The van der Waals surface area contributed by atoms with Crippen LogP contribution in [0, 0.1) is 6.92 Å². The Morgan fingerprint density at radius 1 is 1.44 bits per heavy atom. The highest BCUT2D eigenvalue weighted by atomic mass is 32.1. The van der Waals surface area contributed by atoms with Crippen LogP contribution in [0.15, 0.2) is 18.3 Å². The van der Waals surface area contributed by atoms with Crippen LogP contribution in [-0.4, -0.2) is 15.1 Å². The van der Waals surface area contributed by atoms with Gasteiger partial charge in [0, 0.05) is 17.5 Å². The monoisotopic (exact) mass is 234 g/mol. The van der Waals surface area contributed by atoms with E-state index in [1.165, 1.54) is 0 Å². The molecule has 84 valence electrons. The summed E-state index contributed by atoms with van der Waals surface area (Å²) < 4.78 is 0. The minimum atomic E-state index is 0.0647. The first-order valence-electron chi connectivity index (χ1n) is 5.27. The zero-order valence-electron chi connectivity index (χ0n) is 9.40. The summed E-state index contributed by atoms with van der Waals surface area (Å²) in [6.07, 6.45) is 2.73. The van der Waals surface area contributed by atoms with E-state index < -0.39 is 0 Å². The van der Waals surface area contributed by atoms with Crippen molar-refractivity contribution in [3.8, 4) is 10.6 Å². The number of nitrogens with zero attached hydrogens (tertiary/aromatic N) is 2. The minimum Gasteiger partial charge on any atom is -0.391 e. The number of aliphatic hydroxyl groups excluding tert-OH is 1. The van der Waals surface area contributed by atoms with E-state index in [-0.39, 0.29) is 6.61 Å². The van der Waals surface area contributed by atoms with Crippen LogP contribution in [0.1, 0.15) is 23.2 Å². The summed E-state index contributed by atoms with van der Waals surface area (Å²) in [7, 11) is 0. The Kier molecular flexibility index (Phi) is 3.31. The molecule has 2 rings (SSSR count). The quantitative estimate of drug-likeness (QED) is 0.887. The van der Waals surface area contributed by atoms with Crippen molar-refractivity contribution < 1.29 is 5.11 Å². The van der Waals surface area contributed by atoms with Crippen molar-refractivity contribution in [2.45, 2.75) is 26.9 Å². The van der Waals surface area contributed by atoms with E-state index in [9.17, 15) is 0 Å². The second-order valence-electron chi connectivity index (χ2n) is 3.58. The summed E-state index contributed by atoms with van der Waals surface area (Å²) in [6.45, 7) is 4.07. The van der Waals surface area contributed by atoms with Crippen LogP contribution in [0.5, 0.6) is 0 Å². The summed E-state index contributed by atoms with van der Waals surface area (Å²) >= 11 is 1.54. The lowest BCUT2D eigenvalue weighted by Crippen LogP contribution is -1.86. The highest BCUT2D eigenvalue weighted by Gasteiger charge is 2.08. The third kappa shape index (κ3) is 2.13. The number of thiazole rings is 1. The van der Waals surface area contributed by atoms with Gasteiger partial charge in [0.15, 0.2) is 0 Å². The summed E-state index contributed by atoms with van der Waals surface area (Å²) in [6, 6.07) is 4.01. The molecule has 0 fully saturated rings. The van der Waals surface area contributed by atoms with Gasteiger partial charge in [-0.2, -0.15) is 0 Å². The fraction of sp³-hybridized carbons (Fsp3) is 0.333. The normalized spacial score (nSPS) is 10.7. The highest BCUT2D eigenvalue weighted by Crippen LogP contribution is 2.27. The fourth-order valence-electron chi connectivity index (χ4n) is 1.50. The zero-order chi connectivity index (χ0) is 11.5. The summed E-state index contributed by atoms with van der Waals surface area (Å²) in [5, 5.41) is 10.1. The maximum Gasteiger partial charge on any atom is 0.124 e. The predicted octanol–water partition coefficient (Wildman–Crippen LogP) is 2.57. The predicted molar refractivity (Wildman–Crippen MR) is 65.4 cm³/mol. The van der Waals surface area contributed by atoms with E-state index in [1.807, 2.05) is 19.2 Å². The molecule has 0 unspecified atom stereocenters. The zero-order valence-corrected chi connectivity index (χ0v) is 10.2. The minimum absolute atomic E-state index is 0.0647. The molecule has 0 saturated heterocycles. The Morgan fingerprint density at radius 3 is 2.88 bits per heavy atom. The number of rotatable bonds is 3. The van der Waals surface area contributed by atoms with Gasteiger partial charge in [0.05, 0.1) is 17.2 Å². The molecule has 16 heavy (non-hydrogen) atoms. The Hall–Kier alpha value is -1.26. The van der Waals surface area contributed by atoms with Crippen molar-refractivity contribution in [3.63, 3.8) is 0 Å². The van der Waals surface area contributed by atoms with Crippen LogP contribution in [-0.2, 0) is 13.0 Å². The van der Waals surface area contributed by atoms with E-state index >= 15 is 0 Å². The molecule has 4 heteroatoms. The lowest BCUT2D eigenvalue weighted by Gasteiger charge is -1.98. The molecule has 0 aromatic carbocycles. The smallest absolute Gasteiger partial charge is 0.124 e. The molecule has 2 aromatic heterocycles. The number of hydrogen-bond acceptors (Lipinski definition) is 4. The van der Waals surface area contributed by atoms with Crippen molar-refractivity contribution in [3.05, 3.63) is 34.6 Å². The van der Waals surface area contributed by atoms with Crippen LogP contribution in [0.25, 0.3) is 10.6 Å². The van der Waals surface area contributed by atoms with Gasteiger partial charge in [-0.05, 0) is 25.5 Å². The number of aromatic nitrogens is 2. The topological polar surface area (TPSA) is 46.0 Å². The first kappa shape index (κ1) is 11.2. The van der Waals surface area contributed by atoms with E-state index in [1.54, 1.807) is 11.3 Å². The third-order valence-electron chi connectivity index (χ3n) is 2.46. The van der Waals surface area contributed by atoms with Crippen LogP contribution >= 0.6 is 11.3 Å². The molecule has 0 bridgehead atoms. The SMILES string of the molecule is CCc1cc(-c2nc(C)c(CO)s2)ccn1.